The van der Waals surface area contributed by atoms with Crippen molar-refractivity contribution >= 4 is 0 Å². The van der Waals surface area contributed by atoms with E-state index in [2.05, 4.69) is 10.9 Å². The van der Waals surface area contributed by atoms with E-state index in [9.17, 15) is 20.2 Å². The van der Waals surface area contributed by atoms with E-state index in [0.717, 1.165) is 12.8 Å². The summed E-state index contributed by atoms with van der Waals surface area (Å²) in [5.74, 6) is 0. The van der Waals surface area contributed by atoms with Gasteiger partial charge in [0.25, 0.3) is 0 Å². The Morgan fingerprint density at radius 1 is 0.929 bits per heavy atom. The third-order valence-electron chi connectivity index (χ3n) is 2.31. The second kappa shape index (κ2) is 4.58. The van der Waals surface area contributed by atoms with Gasteiger partial charge in [-0.2, -0.15) is 0 Å². The summed E-state index contributed by atoms with van der Waals surface area (Å²) in [7, 11) is 0. The highest BCUT2D eigenvalue weighted by Crippen LogP contribution is 2.18. The van der Waals surface area contributed by atoms with Gasteiger partial charge in [0, 0.05) is 0 Å². The van der Waals surface area contributed by atoms with Crippen LogP contribution in [0.4, 0.5) is 0 Å². The van der Waals surface area contributed by atoms with Gasteiger partial charge in [-0.15, -0.1) is 10.9 Å². The Morgan fingerprint density at radius 2 is 1.29 bits per heavy atom. The Bertz CT molecular complexity index is 210. The molecule has 80 valence electrons. The molecule has 0 saturated heterocycles. The van der Waals surface area contributed by atoms with Crippen LogP contribution < -0.4 is 10.9 Å². The van der Waals surface area contributed by atoms with Gasteiger partial charge in [0.1, 0.15) is 12.1 Å². The van der Waals surface area contributed by atoms with Crippen LogP contribution in [0, 0.1) is 20.2 Å². The largest absolute Gasteiger partial charge is 0.235 e. The molecule has 0 spiro atoms. The van der Waals surface area contributed by atoms with Gasteiger partial charge < -0.3 is 0 Å². The first-order chi connectivity index (χ1) is 6.59. The highest BCUT2D eigenvalue weighted by atomic mass is 16.7. The maximum absolute atomic E-state index is 10.2. The molecular formula is C6H12N4O4. The average Bonchev–Trinajstić information content (AvgIpc) is 2.06. The number of nitro groups is 2. The average molecular weight is 204 g/mol. The number of hydrazine groups is 2. The van der Waals surface area contributed by atoms with E-state index in [-0.39, 0.29) is 0 Å². The minimum absolute atomic E-state index is 0.454. The van der Waals surface area contributed by atoms with Crippen molar-refractivity contribution in [3.05, 3.63) is 20.2 Å². The molecule has 2 unspecified atom stereocenters. The molecule has 0 radical (unpaired) electrons. The van der Waals surface area contributed by atoms with Crippen LogP contribution in [-0.4, -0.2) is 22.1 Å². The molecule has 8 heteroatoms. The summed E-state index contributed by atoms with van der Waals surface area (Å²) in [4.78, 5) is 20.4. The first kappa shape index (κ1) is 10.5. The van der Waals surface area contributed by atoms with E-state index >= 15 is 0 Å². The van der Waals surface area contributed by atoms with Crippen LogP contribution in [0.3, 0.4) is 0 Å². The van der Waals surface area contributed by atoms with Gasteiger partial charge in [0.15, 0.2) is 10.1 Å². The highest BCUT2D eigenvalue weighted by molar-refractivity contribution is 4.81. The molecule has 8 nitrogen and oxygen atoms in total. The summed E-state index contributed by atoms with van der Waals surface area (Å²) in [6, 6.07) is -0.909. The van der Waals surface area contributed by atoms with Crippen LogP contribution in [-0.2, 0) is 0 Å². The zero-order valence-electron chi connectivity index (χ0n) is 7.51. The van der Waals surface area contributed by atoms with Gasteiger partial charge in [0.05, 0.1) is 0 Å². The lowest BCUT2D eigenvalue weighted by Crippen LogP contribution is -2.53. The van der Waals surface area contributed by atoms with E-state index in [0.29, 0.717) is 12.8 Å². The standard InChI is InChI=1S/C6H12N4O4/c11-9(12)7-5-3-1-2-4-6(5)8-10(13)14/h5-8H,1-4H2. The number of hydrogen-bond donors (Lipinski definition) is 2. The maximum atomic E-state index is 10.2. The second-order valence-corrected chi connectivity index (χ2v) is 3.27. The van der Waals surface area contributed by atoms with E-state index in [1.165, 1.54) is 0 Å². The monoisotopic (exact) mass is 204 g/mol. The van der Waals surface area contributed by atoms with Gasteiger partial charge in [-0.1, -0.05) is 12.8 Å². The van der Waals surface area contributed by atoms with E-state index in [4.69, 9.17) is 0 Å². The Hall–Kier alpha value is -1.60. The smallest absolute Gasteiger partial charge is 0.157 e. The van der Waals surface area contributed by atoms with Crippen molar-refractivity contribution in [2.24, 2.45) is 0 Å². The van der Waals surface area contributed by atoms with Crippen molar-refractivity contribution in [1.29, 1.82) is 0 Å². The normalized spacial score (nSPS) is 26.6. The molecule has 1 rings (SSSR count). The molecule has 0 aliphatic heterocycles. The van der Waals surface area contributed by atoms with E-state index < -0.39 is 22.1 Å². The number of hydrogen-bond acceptors (Lipinski definition) is 4. The summed E-state index contributed by atoms with van der Waals surface area (Å²) in [6.07, 6.45) is 2.90. The molecule has 0 aromatic carbocycles. The molecule has 0 heterocycles. The van der Waals surface area contributed by atoms with Crippen LogP contribution in [0.1, 0.15) is 25.7 Å². The van der Waals surface area contributed by atoms with Gasteiger partial charge in [0.2, 0.25) is 0 Å². The van der Waals surface area contributed by atoms with Crippen LogP contribution in [0.15, 0.2) is 0 Å². The van der Waals surface area contributed by atoms with Crippen LogP contribution in [0.2, 0.25) is 0 Å². The number of nitrogens with one attached hydrogen (secondary N) is 2. The Kier molecular flexibility index (Phi) is 3.43. The quantitative estimate of drug-likeness (QED) is 0.487. The second-order valence-electron chi connectivity index (χ2n) is 3.27. The van der Waals surface area contributed by atoms with Crippen molar-refractivity contribution in [3.63, 3.8) is 0 Å². The molecule has 1 aliphatic carbocycles. The van der Waals surface area contributed by atoms with Crippen LogP contribution in [0.25, 0.3) is 0 Å². The summed E-state index contributed by atoms with van der Waals surface area (Å²) >= 11 is 0. The maximum Gasteiger partial charge on any atom is 0.157 e. The zero-order valence-corrected chi connectivity index (χ0v) is 7.51. The lowest BCUT2D eigenvalue weighted by Gasteiger charge is -2.26. The fraction of sp³-hybridized carbons (Fsp3) is 1.00. The molecule has 0 aromatic heterocycles. The molecule has 1 aliphatic rings. The summed E-state index contributed by atoms with van der Waals surface area (Å²) in [5.41, 5.74) is 4.18. The van der Waals surface area contributed by atoms with Crippen LogP contribution in [0.5, 0.6) is 0 Å². The third kappa shape index (κ3) is 3.04. The van der Waals surface area contributed by atoms with E-state index in [1.54, 1.807) is 0 Å². The molecule has 1 fully saturated rings. The van der Waals surface area contributed by atoms with Crippen molar-refractivity contribution < 1.29 is 10.1 Å². The molecule has 0 aromatic rings. The lowest BCUT2D eigenvalue weighted by atomic mass is 9.91. The number of nitrogens with zero attached hydrogens (tertiary/aromatic N) is 2. The molecule has 1 saturated carbocycles. The molecule has 14 heavy (non-hydrogen) atoms. The van der Waals surface area contributed by atoms with Crippen molar-refractivity contribution in [3.8, 4) is 0 Å². The topological polar surface area (TPSA) is 110 Å². The number of rotatable bonds is 4. The fourth-order valence-electron chi connectivity index (χ4n) is 1.71. The third-order valence-corrected chi connectivity index (χ3v) is 2.31. The molecule has 0 amide bonds. The minimum atomic E-state index is -0.648. The SMILES string of the molecule is O=[N+]([O-])NC1CCCCC1N[N+](=O)[O-]. The zero-order chi connectivity index (χ0) is 10.6. The highest BCUT2D eigenvalue weighted by Gasteiger charge is 2.31. The van der Waals surface area contributed by atoms with Gasteiger partial charge in [-0.05, 0) is 12.8 Å². The molecule has 0 bridgehead atoms. The molecule has 2 atom stereocenters. The van der Waals surface area contributed by atoms with Crippen molar-refractivity contribution in [2.75, 3.05) is 0 Å². The predicted octanol–water partition coefficient (Wildman–Crippen LogP) is -0.140. The van der Waals surface area contributed by atoms with Gasteiger partial charge >= 0.3 is 0 Å². The fourth-order valence-corrected chi connectivity index (χ4v) is 1.71. The van der Waals surface area contributed by atoms with Gasteiger partial charge in [-0.25, -0.2) is 20.2 Å². The Balaban J connectivity index is 2.49. The predicted molar refractivity (Wildman–Crippen MR) is 46.3 cm³/mol. The summed E-state index contributed by atoms with van der Waals surface area (Å²) in [6.45, 7) is 0. The Morgan fingerprint density at radius 3 is 1.57 bits per heavy atom. The minimum Gasteiger partial charge on any atom is -0.235 e. The lowest BCUT2D eigenvalue weighted by molar-refractivity contribution is -0.570. The molecule has 2 N–H and O–H groups in total. The Labute approximate surface area is 79.9 Å². The van der Waals surface area contributed by atoms with Crippen molar-refractivity contribution in [2.45, 2.75) is 37.8 Å². The first-order valence-corrected chi connectivity index (χ1v) is 4.40. The van der Waals surface area contributed by atoms with E-state index in [1.807, 2.05) is 0 Å². The summed E-state index contributed by atoms with van der Waals surface area (Å²) in [5, 5.41) is 19.1. The summed E-state index contributed by atoms with van der Waals surface area (Å²) < 4.78 is 0. The van der Waals surface area contributed by atoms with Crippen LogP contribution >= 0.6 is 0 Å². The first-order valence-electron chi connectivity index (χ1n) is 4.40. The molecular weight excluding hydrogens is 192 g/mol. The van der Waals surface area contributed by atoms with Gasteiger partial charge in [-0.3, -0.25) is 0 Å². The van der Waals surface area contributed by atoms with Crippen molar-refractivity contribution in [1.82, 2.24) is 10.9 Å².